The zero-order valence-corrected chi connectivity index (χ0v) is 24.3. The summed E-state index contributed by atoms with van der Waals surface area (Å²) in [6.07, 6.45) is 0.745. The summed E-state index contributed by atoms with van der Waals surface area (Å²) in [4.78, 5) is 36.8. The van der Waals surface area contributed by atoms with Gasteiger partial charge in [0.05, 0.1) is 34.5 Å². The molecule has 44 heavy (non-hydrogen) atoms. The molecular weight excluding hydrogens is 566 g/mol. The third kappa shape index (κ3) is 5.55. The number of ketones is 1. The first kappa shape index (κ1) is 29.8. The number of ether oxygens (including phenoxy) is 2. The molecule has 0 bridgehead atoms. The third-order valence-electron chi connectivity index (χ3n) is 7.78. The third-order valence-corrected chi connectivity index (χ3v) is 7.78. The van der Waals surface area contributed by atoms with Crippen LogP contribution in [0.25, 0.3) is 0 Å². The number of nitro benzene ring substituents is 2. The second kappa shape index (κ2) is 11.5. The normalized spacial score (nSPS) is 17.5. The lowest BCUT2D eigenvalue weighted by molar-refractivity contribution is -0.385. The number of anilines is 1. The molecule has 3 aromatic rings. The maximum atomic E-state index is 13.9. The molecule has 3 aromatic carbocycles. The van der Waals surface area contributed by atoms with Gasteiger partial charge in [0, 0.05) is 53.2 Å². The van der Waals surface area contributed by atoms with Crippen molar-refractivity contribution in [2.45, 2.75) is 39.2 Å². The van der Waals surface area contributed by atoms with E-state index in [0.29, 0.717) is 46.0 Å². The van der Waals surface area contributed by atoms with Crippen LogP contribution in [0.4, 0.5) is 17.1 Å². The van der Waals surface area contributed by atoms with Crippen LogP contribution in [0.2, 0.25) is 0 Å². The van der Waals surface area contributed by atoms with Crippen molar-refractivity contribution < 1.29 is 24.1 Å². The number of allylic oxidation sites excluding steroid dienone is 3. The van der Waals surface area contributed by atoms with Gasteiger partial charge in [-0.3, -0.25) is 29.9 Å². The SMILES string of the molecule is COc1ccc([C@H]2C(C#N)=C(N)N(c3ccc([N+](=O)[O-])cc3)C3=C2C(=O)CC(C)(C)C3)cc1COc1ccc([N+](=O)[O-])cc1. The van der Waals surface area contributed by atoms with Crippen LogP contribution in [0.3, 0.4) is 0 Å². The van der Waals surface area contributed by atoms with E-state index in [2.05, 4.69) is 6.07 Å². The van der Waals surface area contributed by atoms with E-state index < -0.39 is 21.2 Å². The van der Waals surface area contributed by atoms with Gasteiger partial charge in [-0.1, -0.05) is 19.9 Å². The monoisotopic (exact) mass is 595 g/mol. The Balaban J connectivity index is 1.59. The lowest BCUT2D eigenvalue weighted by Crippen LogP contribution is -2.42. The lowest BCUT2D eigenvalue weighted by Gasteiger charge is -2.43. The molecule has 1 heterocycles. The molecule has 12 nitrogen and oxygen atoms in total. The molecule has 0 saturated heterocycles. The summed E-state index contributed by atoms with van der Waals surface area (Å²) in [7, 11) is 1.51. The highest BCUT2D eigenvalue weighted by Gasteiger charge is 2.44. The minimum Gasteiger partial charge on any atom is -0.496 e. The van der Waals surface area contributed by atoms with E-state index in [0.717, 1.165) is 0 Å². The molecule has 12 heteroatoms. The number of benzene rings is 3. The van der Waals surface area contributed by atoms with E-state index >= 15 is 0 Å². The van der Waals surface area contributed by atoms with Gasteiger partial charge < -0.3 is 15.2 Å². The second-order valence-corrected chi connectivity index (χ2v) is 11.4. The summed E-state index contributed by atoms with van der Waals surface area (Å²) < 4.78 is 11.5. The summed E-state index contributed by atoms with van der Waals surface area (Å²) in [6, 6.07) is 19.1. The molecule has 224 valence electrons. The van der Waals surface area contributed by atoms with Crippen LogP contribution >= 0.6 is 0 Å². The van der Waals surface area contributed by atoms with Crippen molar-refractivity contribution in [3.05, 3.63) is 121 Å². The number of non-ortho nitro benzene ring substituents is 2. The fourth-order valence-electron chi connectivity index (χ4n) is 5.78. The Labute approximate surface area is 252 Å². The Morgan fingerprint density at radius 2 is 1.61 bits per heavy atom. The summed E-state index contributed by atoms with van der Waals surface area (Å²) in [6.45, 7) is 4.02. The zero-order valence-electron chi connectivity index (χ0n) is 24.3. The van der Waals surface area contributed by atoms with Gasteiger partial charge in [0.25, 0.3) is 11.4 Å². The van der Waals surface area contributed by atoms with E-state index in [4.69, 9.17) is 15.2 Å². The highest BCUT2D eigenvalue weighted by molar-refractivity contribution is 6.01. The van der Waals surface area contributed by atoms with Crippen molar-refractivity contribution in [3.63, 3.8) is 0 Å². The number of hydrogen-bond donors (Lipinski definition) is 1. The number of nitriles is 1. The van der Waals surface area contributed by atoms with Crippen LogP contribution in [0.15, 0.2) is 89.4 Å². The summed E-state index contributed by atoms with van der Waals surface area (Å²) in [5, 5.41) is 32.7. The van der Waals surface area contributed by atoms with E-state index in [1.54, 1.807) is 35.2 Å². The van der Waals surface area contributed by atoms with Gasteiger partial charge in [0.15, 0.2) is 5.78 Å². The van der Waals surface area contributed by atoms with E-state index in [-0.39, 0.29) is 41.6 Å². The molecule has 2 N–H and O–H groups in total. The Bertz CT molecular complexity index is 1770. The predicted octanol–water partition coefficient (Wildman–Crippen LogP) is 6.03. The smallest absolute Gasteiger partial charge is 0.269 e. The highest BCUT2D eigenvalue weighted by Crippen LogP contribution is 2.50. The number of nitrogens with zero attached hydrogens (tertiary/aromatic N) is 4. The zero-order chi connectivity index (χ0) is 31.8. The van der Waals surface area contributed by atoms with Crippen LogP contribution in [-0.4, -0.2) is 22.7 Å². The first-order chi connectivity index (χ1) is 20.9. The maximum absolute atomic E-state index is 13.9. The molecule has 0 unspecified atom stereocenters. The van der Waals surface area contributed by atoms with Gasteiger partial charge >= 0.3 is 0 Å². The lowest BCUT2D eigenvalue weighted by atomic mass is 9.68. The minimum atomic E-state index is -0.767. The fraction of sp³-hybridized carbons (Fsp3) is 0.250. The highest BCUT2D eigenvalue weighted by atomic mass is 16.6. The quantitative estimate of drug-likeness (QED) is 0.239. The van der Waals surface area contributed by atoms with Gasteiger partial charge in [-0.05, 0) is 53.8 Å². The largest absolute Gasteiger partial charge is 0.496 e. The Hall–Kier alpha value is -5.70. The van der Waals surface area contributed by atoms with Gasteiger partial charge in [0.2, 0.25) is 0 Å². The van der Waals surface area contributed by atoms with Crippen molar-refractivity contribution >= 4 is 22.8 Å². The predicted molar refractivity (Wildman–Crippen MR) is 161 cm³/mol. The van der Waals surface area contributed by atoms with Crippen molar-refractivity contribution in [1.29, 1.82) is 5.26 Å². The van der Waals surface area contributed by atoms with Crippen molar-refractivity contribution in [2.24, 2.45) is 11.1 Å². The summed E-state index contributed by atoms with van der Waals surface area (Å²) >= 11 is 0. The number of carbonyl (C=O) groups is 1. The standard InChI is InChI=1S/C32H29N5O7/c1-32(2)15-26-30(27(38)16-32)29(25(17-33)31(34)35(26)21-5-7-22(8-6-21)36(39)40)19-4-13-28(43-3)20(14-19)18-44-24-11-9-23(10-12-24)37(41)42/h4-14,29H,15-16,18,34H2,1-3H3/t29-/m0/s1. The molecule has 1 aliphatic carbocycles. The van der Waals surface area contributed by atoms with Gasteiger partial charge in [-0.25, -0.2) is 0 Å². The second-order valence-electron chi connectivity index (χ2n) is 11.4. The molecule has 0 amide bonds. The Kier molecular flexibility index (Phi) is 7.80. The molecule has 1 aliphatic heterocycles. The van der Waals surface area contributed by atoms with Crippen LogP contribution in [0, 0.1) is 37.0 Å². The van der Waals surface area contributed by atoms with Gasteiger partial charge in [-0.2, -0.15) is 5.26 Å². The van der Waals surface area contributed by atoms with Gasteiger partial charge in [0.1, 0.15) is 23.9 Å². The van der Waals surface area contributed by atoms with Crippen LogP contribution in [0.5, 0.6) is 11.5 Å². The first-order valence-corrected chi connectivity index (χ1v) is 13.7. The minimum absolute atomic E-state index is 0.0461. The van der Waals surface area contributed by atoms with E-state index in [9.17, 15) is 30.3 Å². The number of Topliss-reactive ketones (excluding diaryl/α,β-unsaturated/α-hetero) is 1. The number of nitrogens with two attached hydrogens (primary N) is 1. The molecule has 0 radical (unpaired) electrons. The fourth-order valence-corrected chi connectivity index (χ4v) is 5.78. The van der Waals surface area contributed by atoms with Crippen LogP contribution < -0.4 is 20.1 Å². The molecular formula is C32H29N5O7. The molecule has 1 atom stereocenters. The molecule has 0 aromatic heterocycles. The number of methoxy groups -OCH3 is 1. The van der Waals surface area contributed by atoms with Crippen LogP contribution in [-0.2, 0) is 11.4 Å². The maximum Gasteiger partial charge on any atom is 0.269 e. The average Bonchev–Trinajstić information content (AvgIpc) is 2.99. The van der Waals surface area contributed by atoms with Crippen LogP contribution in [0.1, 0.15) is 43.7 Å². The molecule has 0 saturated carbocycles. The summed E-state index contributed by atoms with van der Waals surface area (Å²) in [5.74, 6) is 0.177. The van der Waals surface area contributed by atoms with E-state index in [1.165, 1.54) is 43.5 Å². The van der Waals surface area contributed by atoms with Crippen molar-refractivity contribution in [2.75, 3.05) is 12.0 Å². The molecule has 0 fully saturated rings. The van der Waals surface area contributed by atoms with Gasteiger partial charge in [-0.15, -0.1) is 0 Å². The Morgan fingerprint density at radius 1 is 1.00 bits per heavy atom. The summed E-state index contributed by atoms with van der Waals surface area (Å²) in [5.41, 5.74) is 9.17. The number of carbonyl (C=O) groups excluding carboxylic acids is 1. The number of rotatable bonds is 8. The average molecular weight is 596 g/mol. The molecule has 5 rings (SSSR count). The van der Waals surface area contributed by atoms with Crippen molar-refractivity contribution in [1.82, 2.24) is 0 Å². The number of hydrogen-bond acceptors (Lipinski definition) is 10. The van der Waals surface area contributed by atoms with E-state index in [1.807, 2.05) is 13.8 Å². The van der Waals surface area contributed by atoms with Crippen molar-refractivity contribution in [3.8, 4) is 17.6 Å². The molecule has 0 spiro atoms. The first-order valence-electron chi connectivity index (χ1n) is 13.7. The Morgan fingerprint density at radius 3 is 2.18 bits per heavy atom. The topological polar surface area (TPSA) is 175 Å². The number of nitro groups is 2. The molecule has 2 aliphatic rings.